The molecule has 1 aromatic carbocycles. The first kappa shape index (κ1) is 11.2. The number of benzene rings is 1. The fourth-order valence-corrected chi connectivity index (χ4v) is 1.15. The second kappa shape index (κ2) is 5.10. The average molecular weight is 203 g/mol. The molecule has 0 aliphatic rings. The largest absolute Gasteiger partial charge is 0.319 e. The third kappa shape index (κ3) is 3.06. The van der Waals surface area contributed by atoms with Crippen molar-refractivity contribution in [2.75, 3.05) is 0 Å². The second-order valence-corrected chi connectivity index (χ2v) is 3.08. The summed E-state index contributed by atoms with van der Waals surface area (Å²) < 4.78 is 0. The highest BCUT2D eigenvalue weighted by atomic mass is 16.2. The normalized spacial score (nSPS) is 10.9. The summed E-state index contributed by atoms with van der Waals surface area (Å²) in [5.41, 5.74) is 0.863. The van der Waals surface area contributed by atoms with Gasteiger partial charge in [-0.1, -0.05) is 24.3 Å². The zero-order chi connectivity index (χ0) is 11.3. The molecule has 0 spiro atoms. The predicted molar refractivity (Wildman–Crippen MR) is 58.3 cm³/mol. The van der Waals surface area contributed by atoms with Gasteiger partial charge >= 0.3 is 0 Å². The van der Waals surface area contributed by atoms with Crippen molar-refractivity contribution in [3.8, 4) is 0 Å². The molecule has 0 aliphatic carbocycles. The average Bonchev–Trinajstić information content (AvgIpc) is 2.26. The maximum absolute atomic E-state index is 11.6. The highest BCUT2D eigenvalue weighted by molar-refractivity contribution is 6.02. The van der Waals surface area contributed by atoms with Gasteiger partial charge in [-0.15, -0.1) is 0 Å². The number of rotatable bonds is 3. The molecular weight excluding hydrogens is 190 g/mol. The van der Waals surface area contributed by atoms with Crippen molar-refractivity contribution >= 4 is 11.7 Å². The minimum Gasteiger partial charge on any atom is -0.319 e. The van der Waals surface area contributed by atoms with Crippen molar-refractivity contribution in [3.63, 3.8) is 0 Å². The summed E-state index contributed by atoms with van der Waals surface area (Å²) in [6, 6.07) is 8.78. The Kier molecular flexibility index (Phi) is 3.80. The lowest BCUT2D eigenvalue weighted by Crippen LogP contribution is -2.26. The van der Waals surface area contributed by atoms with Gasteiger partial charge in [0.15, 0.2) is 5.78 Å². The molecule has 0 saturated heterocycles. The predicted octanol–water partition coefficient (Wildman–Crippen LogP) is 1.91. The summed E-state index contributed by atoms with van der Waals surface area (Å²) in [7, 11) is 0. The first-order chi connectivity index (χ1) is 7.15. The summed E-state index contributed by atoms with van der Waals surface area (Å²) in [6.45, 7) is 3.13. The lowest BCUT2D eigenvalue weighted by atomic mass is 10.2. The maximum Gasteiger partial charge on any atom is 0.255 e. The molecule has 78 valence electrons. The summed E-state index contributed by atoms with van der Waals surface area (Å²) in [5, 5.41) is 2.56. The molecule has 1 amide bonds. The SMILES string of the molecule is C/C=C(/NC(=O)c1ccccc1)C(C)=O. The fourth-order valence-electron chi connectivity index (χ4n) is 1.15. The molecule has 0 aliphatic heterocycles. The molecule has 0 unspecified atom stereocenters. The minimum absolute atomic E-state index is 0.151. The molecule has 0 heterocycles. The summed E-state index contributed by atoms with van der Waals surface area (Å²) >= 11 is 0. The van der Waals surface area contributed by atoms with Crippen LogP contribution in [0.4, 0.5) is 0 Å². The molecule has 1 N–H and O–H groups in total. The van der Waals surface area contributed by atoms with E-state index in [0.29, 0.717) is 11.3 Å². The van der Waals surface area contributed by atoms with Gasteiger partial charge in [-0.3, -0.25) is 9.59 Å². The van der Waals surface area contributed by atoms with Gasteiger partial charge in [-0.2, -0.15) is 0 Å². The van der Waals surface area contributed by atoms with Crippen molar-refractivity contribution in [1.29, 1.82) is 0 Å². The number of ketones is 1. The van der Waals surface area contributed by atoms with E-state index in [1.165, 1.54) is 6.92 Å². The number of hydrogen-bond acceptors (Lipinski definition) is 2. The Morgan fingerprint density at radius 3 is 2.27 bits per heavy atom. The van der Waals surface area contributed by atoms with E-state index in [0.717, 1.165) is 0 Å². The number of hydrogen-bond donors (Lipinski definition) is 1. The molecular formula is C12H13NO2. The topological polar surface area (TPSA) is 46.2 Å². The van der Waals surface area contributed by atoms with Crippen LogP contribution in [-0.4, -0.2) is 11.7 Å². The zero-order valence-electron chi connectivity index (χ0n) is 8.78. The molecule has 3 heteroatoms. The molecule has 3 nitrogen and oxygen atoms in total. The van der Waals surface area contributed by atoms with Crippen LogP contribution in [0.1, 0.15) is 24.2 Å². The van der Waals surface area contributed by atoms with Crippen LogP contribution in [0.5, 0.6) is 0 Å². The van der Waals surface area contributed by atoms with Crippen molar-refractivity contribution in [2.45, 2.75) is 13.8 Å². The van der Waals surface area contributed by atoms with Crippen molar-refractivity contribution in [1.82, 2.24) is 5.32 Å². The van der Waals surface area contributed by atoms with Gasteiger partial charge in [0.05, 0.1) is 5.70 Å². The molecule has 15 heavy (non-hydrogen) atoms. The van der Waals surface area contributed by atoms with Crippen LogP contribution in [0.2, 0.25) is 0 Å². The number of allylic oxidation sites excluding steroid dienone is 2. The standard InChI is InChI=1S/C12H13NO2/c1-3-11(9(2)14)13-12(15)10-7-5-4-6-8-10/h3-8H,1-2H3,(H,13,15)/b11-3+. The van der Waals surface area contributed by atoms with Gasteiger partial charge < -0.3 is 5.32 Å². The zero-order valence-corrected chi connectivity index (χ0v) is 8.78. The number of amides is 1. The molecule has 0 atom stereocenters. The minimum atomic E-state index is -0.265. The molecule has 0 saturated carbocycles. The number of nitrogens with one attached hydrogen (secondary N) is 1. The number of Topliss-reactive ketones (excluding diaryl/α,β-unsaturated/α-hetero) is 1. The Morgan fingerprint density at radius 1 is 1.20 bits per heavy atom. The Morgan fingerprint density at radius 2 is 1.80 bits per heavy atom. The molecule has 0 fully saturated rings. The summed E-state index contributed by atoms with van der Waals surface area (Å²) in [6.07, 6.45) is 1.59. The number of carbonyl (C=O) groups excluding carboxylic acids is 2. The maximum atomic E-state index is 11.6. The molecule has 0 bridgehead atoms. The lowest BCUT2D eigenvalue weighted by molar-refractivity contribution is -0.113. The van der Waals surface area contributed by atoms with E-state index < -0.39 is 0 Å². The van der Waals surface area contributed by atoms with E-state index in [1.807, 2.05) is 6.07 Å². The van der Waals surface area contributed by atoms with Gasteiger partial charge in [0.25, 0.3) is 5.91 Å². The van der Waals surface area contributed by atoms with E-state index in [-0.39, 0.29) is 11.7 Å². The molecule has 0 aromatic heterocycles. The first-order valence-electron chi connectivity index (χ1n) is 4.68. The van der Waals surface area contributed by atoms with Gasteiger partial charge in [-0.25, -0.2) is 0 Å². The highest BCUT2D eigenvalue weighted by Crippen LogP contribution is 2.00. The Bertz CT molecular complexity index is 393. The first-order valence-corrected chi connectivity index (χ1v) is 4.68. The Hall–Kier alpha value is -1.90. The fraction of sp³-hybridized carbons (Fsp3) is 0.167. The van der Waals surface area contributed by atoms with Gasteiger partial charge in [-0.05, 0) is 19.1 Å². The van der Waals surface area contributed by atoms with Crippen LogP contribution in [0.25, 0.3) is 0 Å². The summed E-state index contributed by atoms with van der Waals surface area (Å²) in [4.78, 5) is 22.7. The third-order valence-electron chi connectivity index (χ3n) is 1.95. The van der Waals surface area contributed by atoms with Crippen LogP contribution in [-0.2, 0) is 4.79 Å². The monoisotopic (exact) mass is 203 g/mol. The van der Waals surface area contributed by atoms with Crippen molar-refractivity contribution in [3.05, 3.63) is 47.7 Å². The van der Waals surface area contributed by atoms with Crippen LogP contribution in [0, 0.1) is 0 Å². The second-order valence-electron chi connectivity index (χ2n) is 3.08. The molecule has 1 rings (SSSR count). The van der Waals surface area contributed by atoms with Crippen molar-refractivity contribution < 1.29 is 9.59 Å². The summed E-state index contributed by atoms with van der Waals surface area (Å²) in [5.74, 6) is -0.416. The van der Waals surface area contributed by atoms with E-state index in [2.05, 4.69) is 5.32 Å². The van der Waals surface area contributed by atoms with Gasteiger partial charge in [0.2, 0.25) is 0 Å². The van der Waals surface area contributed by atoms with E-state index >= 15 is 0 Å². The van der Waals surface area contributed by atoms with E-state index in [9.17, 15) is 9.59 Å². The van der Waals surface area contributed by atoms with Crippen LogP contribution >= 0.6 is 0 Å². The smallest absolute Gasteiger partial charge is 0.255 e. The van der Waals surface area contributed by atoms with Gasteiger partial charge in [0.1, 0.15) is 0 Å². The van der Waals surface area contributed by atoms with Crippen LogP contribution in [0.15, 0.2) is 42.1 Å². The highest BCUT2D eigenvalue weighted by Gasteiger charge is 2.08. The van der Waals surface area contributed by atoms with Crippen molar-refractivity contribution in [2.24, 2.45) is 0 Å². The number of carbonyl (C=O) groups is 2. The van der Waals surface area contributed by atoms with Crippen LogP contribution < -0.4 is 5.32 Å². The van der Waals surface area contributed by atoms with Gasteiger partial charge in [0, 0.05) is 12.5 Å². The van der Waals surface area contributed by atoms with E-state index in [4.69, 9.17) is 0 Å². The quantitative estimate of drug-likeness (QED) is 0.763. The van der Waals surface area contributed by atoms with Crippen LogP contribution in [0.3, 0.4) is 0 Å². The molecule has 1 aromatic rings. The third-order valence-corrected chi connectivity index (χ3v) is 1.95. The Balaban J connectivity index is 2.77. The Labute approximate surface area is 88.8 Å². The lowest BCUT2D eigenvalue weighted by Gasteiger charge is -2.05. The van der Waals surface area contributed by atoms with E-state index in [1.54, 1.807) is 37.3 Å². The molecule has 0 radical (unpaired) electrons.